The largest absolute Gasteiger partial charge is 0.496 e. The number of H-pyrrole nitrogens is 1. The van der Waals surface area contributed by atoms with Gasteiger partial charge in [0.2, 0.25) is 0 Å². The minimum Gasteiger partial charge on any atom is -0.496 e. The molecule has 1 aromatic heterocycles. The lowest BCUT2D eigenvalue weighted by molar-refractivity contribution is 0.416. The van der Waals surface area contributed by atoms with Crippen LogP contribution in [0.25, 0.3) is 22.2 Å². The van der Waals surface area contributed by atoms with Crippen LogP contribution in [0.2, 0.25) is 0 Å². The van der Waals surface area contributed by atoms with Gasteiger partial charge in [-0.2, -0.15) is 0 Å². The van der Waals surface area contributed by atoms with Crippen LogP contribution in [0.4, 0.5) is 0 Å². The van der Waals surface area contributed by atoms with Crippen molar-refractivity contribution in [3.63, 3.8) is 0 Å². The van der Waals surface area contributed by atoms with Crippen molar-refractivity contribution in [1.29, 1.82) is 0 Å². The van der Waals surface area contributed by atoms with Crippen molar-refractivity contribution < 1.29 is 4.74 Å². The van der Waals surface area contributed by atoms with Crippen molar-refractivity contribution in [3.8, 4) is 17.1 Å². The summed E-state index contributed by atoms with van der Waals surface area (Å²) in [6.07, 6.45) is 1.50. The van der Waals surface area contributed by atoms with E-state index in [0.717, 1.165) is 16.3 Å². The summed E-state index contributed by atoms with van der Waals surface area (Å²) >= 11 is 3.15. The zero-order valence-corrected chi connectivity index (χ0v) is 12.3. The van der Waals surface area contributed by atoms with Crippen molar-refractivity contribution in [2.75, 3.05) is 7.11 Å². The van der Waals surface area contributed by atoms with Gasteiger partial charge in [-0.3, -0.25) is 4.79 Å². The third-order valence-electron chi connectivity index (χ3n) is 3.10. The Bertz CT molecular complexity index is 843. The number of nitrogens with one attached hydrogen (secondary N) is 1. The molecule has 2 aromatic carbocycles. The number of rotatable bonds is 2. The molecule has 0 saturated heterocycles. The van der Waals surface area contributed by atoms with E-state index in [1.807, 2.05) is 36.4 Å². The van der Waals surface area contributed by atoms with E-state index >= 15 is 0 Å². The number of hydrogen-bond donors (Lipinski definition) is 1. The van der Waals surface area contributed by atoms with Crippen LogP contribution in [0, 0.1) is 0 Å². The second-order valence-corrected chi connectivity index (χ2v) is 5.13. The van der Waals surface area contributed by atoms with Gasteiger partial charge in [0.25, 0.3) is 5.56 Å². The second-order valence-electron chi connectivity index (χ2n) is 4.27. The fourth-order valence-electron chi connectivity index (χ4n) is 2.17. The molecule has 0 aliphatic carbocycles. The first-order chi connectivity index (χ1) is 9.70. The summed E-state index contributed by atoms with van der Waals surface area (Å²) in [5.41, 5.74) is 0.570. The molecule has 0 atom stereocenters. The Kier molecular flexibility index (Phi) is 3.28. The molecule has 0 bridgehead atoms. The topological polar surface area (TPSA) is 55.0 Å². The summed E-state index contributed by atoms with van der Waals surface area (Å²) in [6.45, 7) is 0. The summed E-state index contributed by atoms with van der Waals surface area (Å²) in [5, 5.41) is 2.05. The van der Waals surface area contributed by atoms with Gasteiger partial charge >= 0.3 is 0 Å². The van der Waals surface area contributed by atoms with Crippen molar-refractivity contribution in [2.24, 2.45) is 0 Å². The Hall–Kier alpha value is -2.14. The number of nitrogens with zero attached hydrogens (tertiary/aromatic N) is 1. The average molecular weight is 331 g/mol. The number of benzene rings is 2. The maximum absolute atomic E-state index is 11.8. The smallest absolute Gasteiger partial charge is 0.265 e. The monoisotopic (exact) mass is 330 g/mol. The summed E-state index contributed by atoms with van der Waals surface area (Å²) in [6, 6.07) is 11.8. The molecule has 4 nitrogen and oxygen atoms in total. The molecule has 1 heterocycles. The van der Waals surface area contributed by atoms with Gasteiger partial charge in [0.05, 0.1) is 12.7 Å². The Morgan fingerprint density at radius 1 is 1.20 bits per heavy atom. The number of ether oxygens (including phenoxy) is 1. The van der Waals surface area contributed by atoms with Crippen molar-refractivity contribution in [1.82, 2.24) is 9.97 Å². The van der Waals surface area contributed by atoms with Crippen LogP contribution < -0.4 is 10.3 Å². The molecule has 5 heteroatoms. The van der Waals surface area contributed by atoms with E-state index in [4.69, 9.17) is 4.74 Å². The highest BCUT2D eigenvalue weighted by Gasteiger charge is 2.13. The predicted molar refractivity (Wildman–Crippen MR) is 82.1 cm³/mol. The Morgan fingerprint density at radius 2 is 2.00 bits per heavy atom. The van der Waals surface area contributed by atoms with Gasteiger partial charge in [0.15, 0.2) is 0 Å². The minimum absolute atomic E-state index is 0.218. The molecule has 0 unspecified atom stereocenters. The molecule has 0 spiro atoms. The first kappa shape index (κ1) is 12.9. The number of hydrogen-bond acceptors (Lipinski definition) is 3. The molecule has 0 amide bonds. The van der Waals surface area contributed by atoms with E-state index < -0.39 is 0 Å². The van der Waals surface area contributed by atoms with Gasteiger partial charge in [-0.15, -0.1) is 0 Å². The fourth-order valence-corrected chi connectivity index (χ4v) is 2.37. The summed E-state index contributed by atoms with van der Waals surface area (Å²) in [7, 11) is 1.60. The van der Waals surface area contributed by atoms with Gasteiger partial charge in [-0.25, -0.2) is 4.98 Å². The lowest BCUT2D eigenvalue weighted by Gasteiger charge is -2.11. The Labute approximate surface area is 123 Å². The number of methoxy groups -OCH3 is 1. The quantitative estimate of drug-likeness (QED) is 0.783. The summed E-state index contributed by atoms with van der Waals surface area (Å²) < 4.78 is 5.81. The number of fused-ring (bicyclic) bond motifs is 1. The molecular weight excluding hydrogens is 320 g/mol. The van der Waals surface area contributed by atoms with E-state index in [1.54, 1.807) is 7.11 Å². The lowest BCUT2D eigenvalue weighted by Crippen LogP contribution is -2.09. The normalized spacial score (nSPS) is 10.7. The van der Waals surface area contributed by atoms with Crippen molar-refractivity contribution in [3.05, 3.63) is 57.4 Å². The predicted octanol–water partition coefficient (Wildman–Crippen LogP) is 3.36. The molecular formula is C15H11BrN2O2. The molecule has 3 aromatic rings. The number of aromatic nitrogens is 2. The van der Waals surface area contributed by atoms with E-state index in [2.05, 4.69) is 25.9 Å². The summed E-state index contributed by atoms with van der Waals surface area (Å²) in [5.74, 6) is 1.17. The van der Waals surface area contributed by atoms with E-state index in [1.165, 1.54) is 6.20 Å². The first-order valence-corrected chi connectivity index (χ1v) is 6.81. The Morgan fingerprint density at radius 3 is 2.75 bits per heavy atom. The number of halogens is 1. The van der Waals surface area contributed by atoms with Gasteiger partial charge in [-0.05, 0) is 32.8 Å². The van der Waals surface area contributed by atoms with Gasteiger partial charge < -0.3 is 9.72 Å². The zero-order chi connectivity index (χ0) is 14.1. The van der Waals surface area contributed by atoms with Gasteiger partial charge in [0.1, 0.15) is 16.0 Å². The van der Waals surface area contributed by atoms with Crippen LogP contribution in [0.3, 0.4) is 0 Å². The first-order valence-electron chi connectivity index (χ1n) is 6.01. The van der Waals surface area contributed by atoms with Crippen LogP contribution in [-0.2, 0) is 0 Å². The van der Waals surface area contributed by atoms with Crippen molar-refractivity contribution >= 4 is 26.7 Å². The maximum Gasteiger partial charge on any atom is 0.265 e. The fraction of sp³-hybridized carbons (Fsp3) is 0.0667. The lowest BCUT2D eigenvalue weighted by atomic mass is 10.0. The Balaban J connectivity index is 2.38. The highest BCUT2D eigenvalue weighted by Crippen LogP contribution is 2.34. The molecule has 0 aliphatic rings. The van der Waals surface area contributed by atoms with E-state index in [-0.39, 0.29) is 5.56 Å². The van der Waals surface area contributed by atoms with Crippen LogP contribution in [0.1, 0.15) is 0 Å². The van der Waals surface area contributed by atoms with Crippen LogP contribution in [-0.4, -0.2) is 17.1 Å². The number of aromatic amines is 1. The molecule has 20 heavy (non-hydrogen) atoms. The minimum atomic E-state index is -0.218. The third-order valence-corrected chi connectivity index (χ3v) is 3.67. The standard InChI is InChI=1S/C15H11BrN2O2/c1-20-12-7-6-9-4-2-3-5-10(9)13(12)14-17-8-11(16)15(19)18-14/h2-8H,1H3,(H,17,18,19). The average Bonchev–Trinajstić information content (AvgIpc) is 2.49. The van der Waals surface area contributed by atoms with Crippen LogP contribution >= 0.6 is 15.9 Å². The maximum atomic E-state index is 11.8. The summed E-state index contributed by atoms with van der Waals surface area (Å²) in [4.78, 5) is 18.8. The molecule has 0 radical (unpaired) electrons. The zero-order valence-electron chi connectivity index (χ0n) is 10.7. The SMILES string of the molecule is COc1ccc2ccccc2c1-c1ncc(Br)c(=O)[nH]1. The van der Waals surface area contributed by atoms with Crippen LogP contribution in [0.15, 0.2) is 51.9 Å². The van der Waals surface area contributed by atoms with Crippen LogP contribution in [0.5, 0.6) is 5.75 Å². The van der Waals surface area contributed by atoms with E-state index in [9.17, 15) is 4.79 Å². The molecule has 100 valence electrons. The van der Waals surface area contributed by atoms with E-state index in [0.29, 0.717) is 16.0 Å². The second kappa shape index (κ2) is 5.09. The van der Waals surface area contributed by atoms with Gasteiger partial charge in [0, 0.05) is 6.20 Å². The van der Waals surface area contributed by atoms with Crippen molar-refractivity contribution in [2.45, 2.75) is 0 Å². The molecule has 0 saturated carbocycles. The molecule has 3 rings (SSSR count). The molecule has 0 fully saturated rings. The highest BCUT2D eigenvalue weighted by atomic mass is 79.9. The van der Waals surface area contributed by atoms with Gasteiger partial charge in [-0.1, -0.05) is 30.3 Å². The highest BCUT2D eigenvalue weighted by molar-refractivity contribution is 9.10. The molecule has 1 N–H and O–H groups in total. The molecule has 0 aliphatic heterocycles. The third kappa shape index (κ3) is 2.10.